The van der Waals surface area contributed by atoms with E-state index in [-0.39, 0.29) is 16.7 Å². The maximum atomic E-state index is 13.3. The van der Waals surface area contributed by atoms with Gasteiger partial charge in [-0.15, -0.1) is 0 Å². The summed E-state index contributed by atoms with van der Waals surface area (Å²) in [5, 5.41) is 2.69. The highest BCUT2D eigenvalue weighted by atomic mass is 16.2. The third-order valence-electron chi connectivity index (χ3n) is 5.28. The topological polar surface area (TPSA) is 79.4 Å². The molecule has 3 amide bonds. The van der Waals surface area contributed by atoms with Gasteiger partial charge in [0.25, 0.3) is 17.7 Å². The van der Waals surface area contributed by atoms with Gasteiger partial charge in [-0.2, -0.15) is 0 Å². The van der Waals surface area contributed by atoms with E-state index >= 15 is 0 Å². The lowest BCUT2D eigenvalue weighted by Gasteiger charge is -2.18. The molecule has 4 aromatic rings. The van der Waals surface area contributed by atoms with Crippen LogP contribution in [0.3, 0.4) is 0 Å². The van der Waals surface area contributed by atoms with Gasteiger partial charge in [-0.25, -0.2) is 9.88 Å². The Balaban J connectivity index is 1.50. The summed E-state index contributed by atoms with van der Waals surface area (Å²) < 4.78 is 0. The number of anilines is 2. The molecule has 1 aliphatic rings. The fraction of sp³-hybridized carbons (Fsp3) is 0. The molecule has 0 unspecified atom stereocenters. The normalized spacial score (nSPS) is 12.6. The standard InChI is InChI=1S/C26H17N3O3/c30-24(28-23-12-6-7-15-27-23)18-13-14-20-21(16-18)26(32)29(25(20)31)22-11-5-4-10-19(22)17-8-2-1-3-9-17/h1-16H,(H,27,28,30). The Kier molecular flexibility index (Phi) is 4.80. The second-order valence-electron chi connectivity index (χ2n) is 7.26. The summed E-state index contributed by atoms with van der Waals surface area (Å²) >= 11 is 0. The van der Waals surface area contributed by atoms with E-state index in [0.29, 0.717) is 11.5 Å². The smallest absolute Gasteiger partial charge is 0.266 e. The Morgan fingerprint density at radius 2 is 1.44 bits per heavy atom. The van der Waals surface area contributed by atoms with Gasteiger partial charge in [0, 0.05) is 17.3 Å². The van der Waals surface area contributed by atoms with Gasteiger partial charge in [-0.3, -0.25) is 14.4 Å². The number of carbonyl (C=O) groups excluding carboxylic acids is 3. The van der Waals surface area contributed by atoms with Gasteiger partial charge >= 0.3 is 0 Å². The van der Waals surface area contributed by atoms with Crippen molar-refractivity contribution in [2.45, 2.75) is 0 Å². The first-order valence-electron chi connectivity index (χ1n) is 10.0. The molecule has 0 atom stereocenters. The van der Waals surface area contributed by atoms with Crippen LogP contribution in [0.2, 0.25) is 0 Å². The van der Waals surface area contributed by atoms with E-state index in [1.807, 2.05) is 42.5 Å². The number of fused-ring (bicyclic) bond motifs is 1. The quantitative estimate of drug-likeness (QED) is 0.482. The number of rotatable bonds is 4. The Hall–Kier alpha value is -4.58. The maximum Gasteiger partial charge on any atom is 0.266 e. The van der Waals surface area contributed by atoms with E-state index in [1.165, 1.54) is 23.1 Å². The van der Waals surface area contributed by atoms with Crippen molar-refractivity contribution in [2.24, 2.45) is 0 Å². The first-order valence-corrected chi connectivity index (χ1v) is 10.0. The molecule has 0 aliphatic carbocycles. The van der Waals surface area contributed by atoms with Crippen molar-refractivity contribution in [3.63, 3.8) is 0 Å². The van der Waals surface area contributed by atoms with Gasteiger partial charge in [-0.1, -0.05) is 54.6 Å². The van der Waals surface area contributed by atoms with E-state index in [9.17, 15) is 14.4 Å². The second kappa shape index (κ2) is 7.92. The largest absolute Gasteiger partial charge is 0.307 e. The summed E-state index contributed by atoms with van der Waals surface area (Å²) in [6.07, 6.45) is 1.57. The third-order valence-corrected chi connectivity index (χ3v) is 5.28. The fourth-order valence-corrected chi connectivity index (χ4v) is 3.76. The Morgan fingerprint density at radius 3 is 2.22 bits per heavy atom. The summed E-state index contributed by atoms with van der Waals surface area (Å²) in [6.45, 7) is 0. The van der Waals surface area contributed by atoms with Gasteiger partial charge in [0.15, 0.2) is 0 Å². The number of aromatic nitrogens is 1. The minimum Gasteiger partial charge on any atom is -0.307 e. The zero-order valence-corrected chi connectivity index (χ0v) is 16.9. The molecule has 154 valence electrons. The summed E-state index contributed by atoms with van der Waals surface area (Å²) in [5.74, 6) is -0.875. The molecule has 0 bridgehead atoms. The molecule has 1 N–H and O–H groups in total. The van der Waals surface area contributed by atoms with Crippen molar-refractivity contribution in [3.05, 3.63) is 114 Å². The highest BCUT2D eigenvalue weighted by Crippen LogP contribution is 2.36. The molecular weight excluding hydrogens is 402 g/mol. The minimum atomic E-state index is -0.458. The van der Waals surface area contributed by atoms with E-state index in [2.05, 4.69) is 10.3 Å². The lowest BCUT2D eigenvalue weighted by Crippen LogP contribution is -2.29. The average Bonchev–Trinajstić information content (AvgIpc) is 3.09. The number of nitrogens with one attached hydrogen (secondary N) is 1. The number of hydrogen-bond acceptors (Lipinski definition) is 4. The van der Waals surface area contributed by atoms with Gasteiger partial charge in [0.05, 0.1) is 16.8 Å². The van der Waals surface area contributed by atoms with Crippen LogP contribution >= 0.6 is 0 Å². The summed E-state index contributed by atoms with van der Waals surface area (Å²) in [7, 11) is 0. The first kappa shape index (κ1) is 19.4. The number of amides is 3. The lowest BCUT2D eigenvalue weighted by atomic mass is 10.0. The number of imide groups is 1. The number of carbonyl (C=O) groups is 3. The molecule has 5 rings (SSSR count). The third kappa shape index (κ3) is 3.33. The maximum absolute atomic E-state index is 13.3. The van der Waals surface area contributed by atoms with E-state index in [4.69, 9.17) is 0 Å². The average molecular weight is 419 g/mol. The summed E-state index contributed by atoms with van der Waals surface area (Å²) in [5.41, 5.74) is 2.92. The summed E-state index contributed by atoms with van der Waals surface area (Å²) in [4.78, 5) is 44.3. The van der Waals surface area contributed by atoms with E-state index < -0.39 is 17.7 Å². The summed E-state index contributed by atoms with van der Waals surface area (Å²) in [6, 6.07) is 26.5. The number of nitrogens with zero attached hydrogens (tertiary/aromatic N) is 2. The number of para-hydroxylation sites is 1. The highest BCUT2D eigenvalue weighted by Gasteiger charge is 2.38. The molecule has 0 radical (unpaired) electrons. The molecule has 0 saturated carbocycles. The molecule has 1 aliphatic heterocycles. The highest BCUT2D eigenvalue weighted by molar-refractivity contribution is 6.35. The van der Waals surface area contributed by atoms with Crippen LogP contribution in [-0.4, -0.2) is 22.7 Å². The number of pyridine rings is 1. The number of benzene rings is 3. The molecule has 0 saturated heterocycles. The van der Waals surface area contributed by atoms with Crippen molar-refractivity contribution in [3.8, 4) is 11.1 Å². The monoisotopic (exact) mass is 419 g/mol. The number of hydrogen-bond donors (Lipinski definition) is 1. The first-order chi connectivity index (χ1) is 15.6. The van der Waals surface area contributed by atoms with Crippen molar-refractivity contribution >= 4 is 29.2 Å². The van der Waals surface area contributed by atoms with Crippen molar-refractivity contribution < 1.29 is 14.4 Å². The zero-order valence-electron chi connectivity index (χ0n) is 16.9. The molecule has 6 heteroatoms. The van der Waals surface area contributed by atoms with Crippen LogP contribution in [0.4, 0.5) is 11.5 Å². The Labute approximate surface area is 184 Å². The SMILES string of the molecule is O=C(Nc1ccccn1)c1ccc2c(c1)C(=O)N(c1ccccc1-c1ccccc1)C2=O. The van der Waals surface area contributed by atoms with Gasteiger partial charge < -0.3 is 5.32 Å². The van der Waals surface area contributed by atoms with Gasteiger partial charge in [0.2, 0.25) is 0 Å². The fourth-order valence-electron chi connectivity index (χ4n) is 3.76. The van der Waals surface area contributed by atoms with Crippen LogP contribution in [0.1, 0.15) is 31.1 Å². The van der Waals surface area contributed by atoms with Crippen LogP contribution in [0.15, 0.2) is 97.2 Å². The zero-order chi connectivity index (χ0) is 22.1. The van der Waals surface area contributed by atoms with Crippen LogP contribution < -0.4 is 10.2 Å². The van der Waals surface area contributed by atoms with Crippen LogP contribution in [0.5, 0.6) is 0 Å². The van der Waals surface area contributed by atoms with Crippen LogP contribution in [0, 0.1) is 0 Å². The minimum absolute atomic E-state index is 0.200. The molecular formula is C26H17N3O3. The Bertz CT molecular complexity index is 1350. The second-order valence-corrected chi connectivity index (χ2v) is 7.26. The molecule has 1 aromatic heterocycles. The Morgan fingerprint density at radius 1 is 0.719 bits per heavy atom. The molecule has 6 nitrogen and oxygen atoms in total. The van der Waals surface area contributed by atoms with Crippen LogP contribution in [0.25, 0.3) is 11.1 Å². The van der Waals surface area contributed by atoms with Crippen LogP contribution in [-0.2, 0) is 0 Å². The van der Waals surface area contributed by atoms with Crippen molar-refractivity contribution in [2.75, 3.05) is 10.2 Å². The van der Waals surface area contributed by atoms with Gasteiger partial charge in [-0.05, 0) is 42.0 Å². The van der Waals surface area contributed by atoms with Crippen molar-refractivity contribution in [1.29, 1.82) is 0 Å². The molecule has 0 fully saturated rings. The van der Waals surface area contributed by atoms with E-state index in [0.717, 1.165) is 11.1 Å². The predicted octanol–water partition coefficient (Wildman–Crippen LogP) is 4.80. The predicted molar refractivity (Wildman–Crippen MR) is 122 cm³/mol. The molecule has 3 aromatic carbocycles. The van der Waals surface area contributed by atoms with E-state index in [1.54, 1.807) is 36.5 Å². The molecule has 0 spiro atoms. The molecule has 2 heterocycles. The lowest BCUT2D eigenvalue weighted by molar-refractivity contribution is 0.0925. The van der Waals surface area contributed by atoms with Crippen molar-refractivity contribution in [1.82, 2.24) is 4.98 Å². The van der Waals surface area contributed by atoms with Gasteiger partial charge in [0.1, 0.15) is 5.82 Å². The molecule has 32 heavy (non-hydrogen) atoms.